The van der Waals surface area contributed by atoms with Crippen molar-refractivity contribution >= 4 is 60.3 Å². The minimum Gasteiger partial charge on any atom is -0.497 e. The highest BCUT2D eigenvalue weighted by molar-refractivity contribution is 7.38. The molecule has 0 saturated carbocycles. The third kappa shape index (κ3) is 10.5. The fraction of sp³-hybridized carbons (Fsp3) is 0.483. The van der Waals surface area contributed by atoms with Gasteiger partial charge < -0.3 is 54.7 Å². The molecule has 1 N–H and O–H groups in total. The predicted molar refractivity (Wildman–Crippen MR) is 293 cm³/mol. The molecule has 2 aliphatic heterocycles. The SMILES string of the molecule is COc1cc(C(C)(C)C)c2op(N[C@H]3[C@@H](OC)O[C@@H]4CO[C@@H](c5ccccc5)O[C@H]4[C@@H]3Op3oc4c(C(C)(C)C)cc(OC)cc4c4cc(OC)cc(C(C)(C)C)c4o3)oc3c(C(C)(C)C)cc(OC)cc3c2c1. The molecule has 0 bridgehead atoms. The van der Waals surface area contributed by atoms with Crippen molar-refractivity contribution in [2.75, 3.05) is 47.2 Å². The van der Waals surface area contributed by atoms with Gasteiger partial charge in [0.25, 0.3) is 0 Å². The van der Waals surface area contributed by atoms with E-state index in [0.717, 1.165) is 49.4 Å². The van der Waals surface area contributed by atoms with Gasteiger partial charge in [-0.3, -0.25) is 4.52 Å². The van der Waals surface area contributed by atoms with Crippen molar-refractivity contribution < 1.29 is 59.2 Å². The normalized spacial score (nSPS) is 20.7. The van der Waals surface area contributed by atoms with Crippen LogP contribution in [0.5, 0.6) is 23.0 Å². The van der Waals surface area contributed by atoms with E-state index in [4.69, 9.17) is 59.2 Å². The lowest BCUT2D eigenvalue weighted by atomic mass is 9.84. The minimum atomic E-state index is -2.32. The average Bonchev–Trinajstić information content (AvgIpc) is 3.61. The molecule has 6 atom stereocenters. The Hall–Kier alpha value is -5.14. The highest BCUT2D eigenvalue weighted by atomic mass is 31.1. The fourth-order valence-electron chi connectivity index (χ4n) is 9.79. The number of rotatable bonds is 10. The second kappa shape index (κ2) is 20.4. The van der Waals surface area contributed by atoms with E-state index in [1.807, 2.05) is 78.9 Å². The molecule has 2 aromatic heterocycles. The first kappa shape index (κ1) is 53.7. The molecule has 398 valence electrons. The number of nitrogens with one attached hydrogen (secondary N) is 1. The lowest BCUT2D eigenvalue weighted by Gasteiger charge is -2.48. The van der Waals surface area contributed by atoms with E-state index in [-0.39, 0.29) is 6.61 Å². The molecule has 2 fully saturated rings. The number of benzene rings is 5. The molecule has 0 amide bonds. The topological polar surface area (TPSA) is 148 Å². The summed E-state index contributed by atoms with van der Waals surface area (Å²) < 4.78 is 87.1. The summed E-state index contributed by atoms with van der Waals surface area (Å²) in [6.07, 6.45) is -4.01. The van der Waals surface area contributed by atoms with Crippen molar-refractivity contribution in [1.29, 1.82) is 0 Å². The number of hydrogen-bond acceptors (Lipinski definition) is 14. The largest absolute Gasteiger partial charge is 0.497 e. The van der Waals surface area contributed by atoms with Crippen LogP contribution in [0.3, 0.4) is 0 Å². The maximum atomic E-state index is 7.52. The van der Waals surface area contributed by atoms with Crippen molar-refractivity contribution in [1.82, 2.24) is 0 Å². The Bertz CT molecular complexity index is 3100. The highest BCUT2D eigenvalue weighted by Crippen LogP contribution is 2.49. The summed E-state index contributed by atoms with van der Waals surface area (Å²) in [5, 5.41) is 6.96. The monoisotopic (exact) mass is 1050 g/mol. The third-order valence-corrected chi connectivity index (χ3v) is 16.1. The Balaban J connectivity index is 1.34. The first-order chi connectivity index (χ1) is 34.9. The second-order valence-electron chi connectivity index (χ2n) is 23.2. The van der Waals surface area contributed by atoms with Gasteiger partial charge in [0.15, 0.2) is 12.6 Å². The van der Waals surface area contributed by atoms with Gasteiger partial charge in [-0.25, -0.2) is 5.09 Å². The Morgan fingerprint density at radius 3 is 1.26 bits per heavy atom. The third-order valence-electron chi connectivity index (χ3n) is 13.8. The van der Waals surface area contributed by atoms with Crippen LogP contribution in [0.1, 0.15) is 117 Å². The molecule has 4 heterocycles. The summed E-state index contributed by atoms with van der Waals surface area (Å²) >= 11 is 0. The summed E-state index contributed by atoms with van der Waals surface area (Å²) in [5.41, 5.74) is 5.37. The standard InChI is InChI=1S/C58H73NO13P2/c1-55(2,3)41-27-33(60-13)23-37-38-24-34(61-14)28-42(56(4,5)6)48(38)69-73(68-47(37)41)59-46-52(51-45(66-54(46)64-17)31-65-53(67-51)32-21-19-18-20-22-32)72-74-70-49-39(25-35(62-15)29-43(49)57(7,8)9)40-26-36(63-16)30-44(50(40)71-74)58(10,11)12/h18-30,45-46,51-54,59H,31H2,1-17H3/t45-,46-,51-,52-,53-,54+/m1/s1. The number of hydrogen-bond donors (Lipinski definition) is 1. The fourth-order valence-corrected chi connectivity index (χ4v) is 12.4. The van der Waals surface area contributed by atoms with Crippen molar-refractivity contribution in [3.05, 3.63) is 107 Å². The van der Waals surface area contributed by atoms with Gasteiger partial charge in [0.1, 0.15) is 69.7 Å². The lowest BCUT2D eigenvalue weighted by Crippen LogP contribution is -2.65. The van der Waals surface area contributed by atoms with E-state index in [1.54, 1.807) is 35.5 Å². The van der Waals surface area contributed by atoms with Crippen LogP contribution in [0, 0.1) is 0 Å². The Morgan fingerprint density at radius 1 is 0.500 bits per heavy atom. The summed E-state index contributed by atoms with van der Waals surface area (Å²) in [5.74, 6) is 2.71. The quantitative estimate of drug-likeness (QED) is 0.138. The maximum Gasteiger partial charge on any atom is 0.387 e. The Kier molecular flexibility index (Phi) is 14.8. The summed E-state index contributed by atoms with van der Waals surface area (Å²) in [7, 11) is 3.86. The zero-order chi connectivity index (χ0) is 53.2. The van der Waals surface area contributed by atoms with Gasteiger partial charge >= 0.3 is 16.4 Å². The summed E-state index contributed by atoms with van der Waals surface area (Å²) in [6, 6.07) is 25.1. The zero-order valence-corrected chi connectivity index (χ0v) is 47.7. The van der Waals surface area contributed by atoms with Crippen LogP contribution in [0.2, 0.25) is 0 Å². The molecule has 0 radical (unpaired) electrons. The van der Waals surface area contributed by atoms with Crippen LogP contribution in [-0.2, 0) is 40.6 Å². The molecule has 5 aromatic carbocycles. The van der Waals surface area contributed by atoms with Crippen LogP contribution in [0.25, 0.3) is 43.9 Å². The van der Waals surface area contributed by atoms with Gasteiger partial charge in [0.05, 0.1) is 35.0 Å². The molecule has 2 saturated heterocycles. The van der Waals surface area contributed by atoms with E-state index in [1.165, 1.54) is 0 Å². The summed E-state index contributed by atoms with van der Waals surface area (Å²) in [6.45, 7) is 26.0. The van der Waals surface area contributed by atoms with Crippen LogP contribution >= 0.6 is 16.4 Å². The molecule has 7 aromatic rings. The van der Waals surface area contributed by atoms with Gasteiger partial charge in [-0.15, -0.1) is 0 Å². The zero-order valence-electron chi connectivity index (χ0n) is 45.9. The van der Waals surface area contributed by atoms with Gasteiger partial charge in [-0.05, 0) is 70.2 Å². The van der Waals surface area contributed by atoms with Crippen LogP contribution < -0.4 is 28.6 Å². The minimum absolute atomic E-state index is 0.181. The molecule has 16 heteroatoms. The number of ether oxygens (including phenoxy) is 8. The van der Waals surface area contributed by atoms with E-state index in [2.05, 4.69) is 88.2 Å². The van der Waals surface area contributed by atoms with E-state index >= 15 is 0 Å². The van der Waals surface area contributed by atoms with Crippen molar-refractivity contribution in [3.63, 3.8) is 0 Å². The Morgan fingerprint density at radius 2 is 0.892 bits per heavy atom. The maximum absolute atomic E-state index is 7.52. The predicted octanol–water partition coefficient (Wildman–Crippen LogP) is 15.0. The van der Waals surface area contributed by atoms with Gasteiger partial charge in [0, 0.05) is 56.5 Å². The van der Waals surface area contributed by atoms with Crippen molar-refractivity contribution in [2.24, 2.45) is 0 Å². The van der Waals surface area contributed by atoms with Gasteiger partial charge in [-0.2, -0.15) is 0 Å². The molecule has 0 spiro atoms. The van der Waals surface area contributed by atoms with E-state index in [9.17, 15) is 0 Å². The molecular weight excluding hydrogens is 981 g/mol. The second-order valence-corrected chi connectivity index (χ2v) is 25.4. The molecule has 0 unspecified atom stereocenters. The first-order valence-electron chi connectivity index (χ1n) is 25.1. The van der Waals surface area contributed by atoms with Crippen LogP contribution in [0.15, 0.2) is 95.6 Å². The smallest absolute Gasteiger partial charge is 0.387 e. The van der Waals surface area contributed by atoms with E-state index < -0.39 is 75.0 Å². The molecule has 9 rings (SSSR count). The van der Waals surface area contributed by atoms with Crippen LogP contribution in [0.4, 0.5) is 0 Å². The molecule has 74 heavy (non-hydrogen) atoms. The molecule has 2 aliphatic rings. The molecule has 14 nitrogen and oxygen atoms in total. The molecular formula is C58H73NO13P2. The molecule has 0 aliphatic carbocycles. The number of methoxy groups -OCH3 is 5. The number of fused-ring (bicyclic) bond motifs is 7. The lowest BCUT2D eigenvalue weighted by molar-refractivity contribution is -0.331. The highest BCUT2D eigenvalue weighted by Gasteiger charge is 2.53. The van der Waals surface area contributed by atoms with Gasteiger partial charge in [-0.1, -0.05) is 113 Å². The first-order valence-corrected chi connectivity index (χ1v) is 27.4. The van der Waals surface area contributed by atoms with E-state index in [0.29, 0.717) is 45.3 Å². The summed E-state index contributed by atoms with van der Waals surface area (Å²) in [4.78, 5) is 0. The van der Waals surface area contributed by atoms with Crippen molar-refractivity contribution in [2.45, 2.75) is 142 Å². The Labute approximate surface area is 436 Å². The van der Waals surface area contributed by atoms with Crippen molar-refractivity contribution in [3.8, 4) is 23.0 Å². The average molecular weight is 1050 g/mol. The van der Waals surface area contributed by atoms with Crippen LogP contribution in [-0.4, -0.2) is 72.8 Å². The van der Waals surface area contributed by atoms with Gasteiger partial charge in [0.2, 0.25) is 0 Å².